The molecule has 1 aliphatic carbocycles. The number of methoxy groups -OCH3 is 1. The van der Waals surface area contributed by atoms with E-state index in [2.05, 4.69) is 5.32 Å². The van der Waals surface area contributed by atoms with Crippen molar-refractivity contribution in [3.63, 3.8) is 0 Å². The number of nitrogens with one attached hydrogen (secondary N) is 1. The molecule has 1 aromatic rings. The molecule has 2 unspecified atom stereocenters. The van der Waals surface area contributed by atoms with Gasteiger partial charge in [0.05, 0.1) is 6.10 Å². The summed E-state index contributed by atoms with van der Waals surface area (Å²) in [5, 5.41) is 3.43. The van der Waals surface area contributed by atoms with Crippen molar-refractivity contribution in [3.05, 3.63) is 35.6 Å². The van der Waals surface area contributed by atoms with Gasteiger partial charge in [0.15, 0.2) is 0 Å². The molecule has 16 heavy (non-hydrogen) atoms. The Hall–Kier alpha value is -0.930. The molecule has 0 aliphatic heterocycles. The lowest BCUT2D eigenvalue weighted by atomic mass is 10.1. The molecule has 0 radical (unpaired) electrons. The highest BCUT2D eigenvalue weighted by Crippen LogP contribution is 2.21. The van der Waals surface area contributed by atoms with Crippen LogP contribution < -0.4 is 5.32 Å². The molecule has 0 aromatic heterocycles. The second-order valence-electron chi connectivity index (χ2n) is 4.32. The largest absolute Gasteiger partial charge is 0.380 e. The van der Waals surface area contributed by atoms with E-state index in [0.29, 0.717) is 18.7 Å². The van der Waals surface area contributed by atoms with E-state index in [4.69, 9.17) is 4.74 Å². The van der Waals surface area contributed by atoms with Gasteiger partial charge in [-0.3, -0.25) is 0 Å². The fraction of sp³-hybridized carbons (Fsp3) is 0.538. The van der Waals surface area contributed by atoms with Crippen LogP contribution in [-0.4, -0.2) is 19.3 Å². The van der Waals surface area contributed by atoms with Crippen LogP contribution in [0.2, 0.25) is 0 Å². The van der Waals surface area contributed by atoms with Gasteiger partial charge in [-0.15, -0.1) is 0 Å². The summed E-state index contributed by atoms with van der Waals surface area (Å²) in [6.07, 6.45) is 3.79. The summed E-state index contributed by atoms with van der Waals surface area (Å²) in [6, 6.07) is 7.14. The first-order valence-corrected chi connectivity index (χ1v) is 5.80. The summed E-state index contributed by atoms with van der Waals surface area (Å²) in [6.45, 7) is 0.711. The van der Waals surface area contributed by atoms with Crippen LogP contribution >= 0.6 is 0 Å². The van der Waals surface area contributed by atoms with Crippen LogP contribution in [0.3, 0.4) is 0 Å². The Labute approximate surface area is 95.8 Å². The molecule has 1 aromatic carbocycles. The van der Waals surface area contributed by atoms with Crippen molar-refractivity contribution >= 4 is 0 Å². The van der Waals surface area contributed by atoms with E-state index in [1.165, 1.54) is 12.5 Å². The Morgan fingerprint density at radius 3 is 3.06 bits per heavy atom. The van der Waals surface area contributed by atoms with E-state index in [9.17, 15) is 4.39 Å². The van der Waals surface area contributed by atoms with Gasteiger partial charge in [-0.25, -0.2) is 4.39 Å². The molecule has 0 amide bonds. The van der Waals surface area contributed by atoms with Gasteiger partial charge in [0.2, 0.25) is 0 Å². The number of rotatable bonds is 4. The van der Waals surface area contributed by atoms with E-state index in [1.807, 2.05) is 6.07 Å². The molecule has 1 saturated carbocycles. The zero-order chi connectivity index (χ0) is 11.4. The lowest BCUT2D eigenvalue weighted by Gasteiger charge is -2.19. The smallest absolute Gasteiger partial charge is 0.123 e. The van der Waals surface area contributed by atoms with Gasteiger partial charge >= 0.3 is 0 Å². The average molecular weight is 223 g/mol. The lowest BCUT2D eigenvalue weighted by molar-refractivity contribution is 0.0847. The highest BCUT2D eigenvalue weighted by molar-refractivity contribution is 5.16. The fourth-order valence-corrected chi connectivity index (χ4v) is 2.34. The molecule has 88 valence electrons. The van der Waals surface area contributed by atoms with E-state index < -0.39 is 0 Å². The van der Waals surface area contributed by atoms with Crippen LogP contribution in [0.15, 0.2) is 24.3 Å². The zero-order valence-corrected chi connectivity index (χ0v) is 9.58. The maximum absolute atomic E-state index is 13.0. The number of hydrogen-bond acceptors (Lipinski definition) is 2. The van der Waals surface area contributed by atoms with Crippen LogP contribution in [0.25, 0.3) is 0 Å². The Morgan fingerprint density at radius 2 is 2.31 bits per heavy atom. The molecule has 2 rings (SSSR count). The van der Waals surface area contributed by atoms with Crippen molar-refractivity contribution in [1.82, 2.24) is 5.32 Å². The van der Waals surface area contributed by atoms with Crippen molar-refractivity contribution in [1.29, 1.82) is 0 Å². The van der Waals surface area contributed by atoms with Crippen LogP contribution in [-0.2, 0) is 11.3 Å². The second-order valence-corrected chi connectivity index (χ2v) is 4.32. The molecule has 3 heteroatoms. The normalized spacial score (nSPS) is 24.9. The second kappa shape index (κ2) is 5.41. The number of hydrogen-bond donors (Lipinski definition) is 1. The maximum atomic E-state index is 13.0. The molecule has 1 fully saturated rings. The van der Waals surface area contributed by atoms with Crippen LogP contribution in [0.1, 0.15) is 24.8 Å². The van der Waals surface area contributed by atoms with Crippen molar-refractivity contribution in [2.45, 2.75) is 38.0 Å². The quantitative estimate of drug-likeness (QED) is 0.846. The van der Waals surface area contributed by atoms with Gasteiger partial charge in [0.1, 0.15) is 5.82 Å². The van der Waals surface area contributed by atoms with Crippen LogP contribution in [0.4, 0.5) is 4.39 Å². The van der Waals surface area contributed by atoms with E-state index in [-0.39, 0.29) is 5.82 Å². The number of ether oxygens (including phenoxy) is 1. The minimum Gasteiger partial charge on any atom is -0.380 e. The molecule has 0 heterocycles. The van der Waals surface area contributed by atoms with Gasteiger partial charge in [0.25, 0.3) is 0 Å². The van der Waals surface area contributed by atoms with E-state index in [1.54, 1.807) is 19.2 Å². The highest BCUT2D eigenvalue weighted by atomic mass is 19.1. The molecular formula is C13H18FNO. The fourth-order valence-electron chi connectivity index (χ4n) is 2.34. The maximum Gasteiger partial charge on any atom is 0.123 e. The molecule has 2 atom stereocenters. The molecule has 0 saturated heterocycles. The van der Waals surface area contributed by atoms with Gasteiger partial charge < -0.3 is 10.1 Å². The van der Waals surface area contributed by atoms with Crippen molar-refractivity contribution in [2.24, 2.45) is 0 Å². The molecule has 2 nitrogen and oxygen atoms in total. The Kier molecular flexibility index (Phi) is 3.91. The third-order valence-corrected chi connectivity index (χ3v) is 3.21. The first-order valence-electron chi connectivity index (χ1n) is 5.80. The van der Waals surface area contributed by atoms with Crippen molar-refractivity contribution < 1.29 is 9.13 Å². The first-order chi connectivity index (χ1) is 7.79. The van der Waals surface area contributed by atoms with Crippen molar-refractivity contribution in [3.8, 4) is 0 Å². The Morgan fingerprint density at radius 1 is 1.44 bits per heavy atom. The summed E-state index contributed by atoms with van der Waals surface area (Å²) >= 11 is 0. The third-order valence-electron chi connectivity index (χ3n) is 3.21. The van der Waals surface area contributed by atoms with Crippen LogP contribution in [0, 0.1) is 5.82 Å². The van der Waals surface area contributed by atoms with Gasteiger partial charge in [0, 0.05) is 19.7 Å². The van der Waals surface area contributed by atoms with Gasteiger partial charge in [-0.05, 0) is 37.0 Å². The topological polar surface area (TPSA) is 21.3 Å². The summed E-state index contributed by atoms with van der Waals surface area (Å²) < 4.78 is 18.4. The van der Waals surface area contributed by atoms with E-state index >= 15 is 0 Å². The molecule has 1 N–H and O–H groups in total. The lowest BCUT2D eigenvalue weighted by Crippen LogP contribution is -2.36. The highest BCUT2D eigenvalue weighted by Gasteiger charge is 2.26. The van der Waals surface area contributed by atoms with Gasteiger partial charge in [-0.2, -0.15) is 0 Å². The molecule has 0 bridgehead atoms. The summed E-state index contributed by atoms with van der Waals surface area (Å²) in [4.78, 5) is 0. The SMILES string of the molecule is COC1CCCC1NCc1cccc(F)c1. The monoisotopic (exact) mass is 223 g/mol. The summed E-state index contributed by atoms with van der Waals surface area (Å²) in [5.74, 6) is -0.172. The number of halogens is 1. The predicted octanol–water partition coefficient (Wildman–Crippen LogP) is 2.48. The molecular weight excluding hydrogens is 205 g/mol. The Bertz CT molecular complexity index is 342. The van der Waals surface area contributed by atoms with Gasteiger partial charge in [-0.1, -0.05) is 12.1 Å². The van der Waals surface area contributed by atoms with Crippen LogP contribution in [0.5, 0.6) is 0 Å². The minimum atomic E-state index is -0.172. The first kappa shape index (κ1) is 11.6. The average Bonchev–Trinajstić information content (AvgIpc) is 2.74. The summed E-state index contributed by atoms with van der Waals surface area (Å²) in [5.41, 5.74) is 0.988. The molecule has 1 aliphatic rings. The van der Waals surface area contributed by atoms with Crippen molar-refractivity contribution in [2.75, 3.05) is 7.11 Å². The van der Waals surface area contributed by atoms with E-state index in [0.717, 1.165) is 18.4 Å². The zero-order valence-electron chi connectivity index (χ0n) is 9.58. The summed E-state index contributed by atoms with van der Waals surface area (Å²) in [7, 11) is 1.76. The predicted molar refractivity (Wildman–Crippen MR) is 61.7 cm³/mol. The Balaban J connectivity index is 1.87. The standard InChI is InChI=1S/C13H18FNO/c1-16-13-7-3-6-12(13)15-9-10-4-2-5-11(14)8-10/h2,4-5,8,12-13,15H,3,6-7,9H2,1H3. The third kappa shape index (κ3) is 2.80. The number of benzene rings is 1. The minimum absolute atomic E-state index is 0.172. The molecule has 0 spiro atoms.